The van der Waals surface area contributed by atoms with Crippen LogP contribution in [0.25, 0.3) is 0 Å². The van der Waals surface area contributed by atoms with Crippen LogP contribution in [0.3, 0.4) is 0 Å². The molecule has 0 fully saturated rings. The van der Waals surface area contributed by atoms with Crippen LogP contribution in [0.5, 0.6) is 0 Å². The van der Waals surface area contributed by atoms with Crippen molar-refractivity contribution < 1.29 is 18.4 Å². The highest BCUT2D eigenvalue weighted by Crippen LogP contribution is 2.32. The highest BCUT2D eigenvalue weighted by molar-refractivity contribution is 8.00. The van der Waals surface area contributed by atoms with Gasteiger partial charge < -0.3 is 10.6 Å². The summed E-state index contributed by atoms with van der Waals surface area (Å²) in [6.07, 6.45) is 0.339. The fourth-order valence-electron chi connectivity index (χ4n) is 3.07. The van der Waals surface area contributed by atoms with Gasteiger partial charge in [-0.15, -0.1) is 11.8 Å². The summed E-state index contributed by atoms with van der Waals surface area (Å²) in [5, 5.41) is 5.17. The van der Waals surface area contributed by atoms with Crippen LogP contribution < -0.4 is 10.6 Å². The van der Waals surface area contributed by atoms with Crippen LogP contribution in [-0.4, -0.2) is 17.6 Å². The number of hydrogen-bond donors (Lipinski definition) is 2. The summed E-state index contributed by atoms with van der Waals surface area (Å²) in [6, 6.07) is 9.11. The molecule has 0 unspecified atom stereocenters. The second-order valence-electron chi connectivity index (χ2n) is 6.52. The zero-order chi connectivity index (χ0) is 19.6. The van der Waals surface area contributed by atoms with Crippen LogP contribution in [0.4, 0.5) is 14.5 Å². The van der Waals surface area contributed by atoms with Crippen LogP contribution in [0.1, 0.15) is 41.8 Å². The zero-order valence-electron chi connectivity index (χ0n) is 15.0. The first kappa shape index (κ1) is 19.4. The molecule has 2 atom stereocenters. The van der Waals surface area contributed by atoms with E-state index >= 15 is 0 Å². The molecule has 0 spiro atoms. The molecule has 3 rings (SSSR count). The number of thioether (sulfide) groups is 1. The summed E-state index contributed by atoms with van der Waals surface area (Å²) in [4.78, 5) is 23.7. The third-order valence-corrected chi connectivity index (χ3v) is 5.67. The van der Waals surface area contributed by atoms with E-state index in [4.69, 9.17) is 0 Å². The highest BCUT2D eigenvalue weighted by atomic mass is 32.2. The number of carbonyl (C=O) groups is 2. The Hall–Kier alpha value is -2.41. The van der Waals surface area contributed by atoms with Crippen molar-refractivity contribution in [3.63, 3.8) is 0 Å². The average Bonchev–Trinajstić information content (AvgIpc) is 2.98. The van der Waals surface area contributed by atoms with E-state index in [9.17, 15) is 18.4 Å². The van der Waals surface area contributed by atoms with Gasteiger partial charge in [0.1, 0.15) is 11.6 Å². The minimum Gasteiger partial charge on any atom is -0.349 e. The Balaban J connectivity index is 1.56. The van der Waals surface area contributed by atoms with E-state index < -0.39 is 16.9 Å². The number of benzene rings is 2. The van der Waals surface area contributed by atoms with Gasteiger partial charge in [0.15, 0.2) is 0 Å². The molecule has 1 aliphatic heterocycles. The van der Waals surface area contributed by atoms with Crippen molar-refractivity contribution in [2.24, 2.45) is 0 Å². The molecule has 7 heteroatoms. The molecule has 4 nitrogen and oxygen atoms in total. The number of anilines is 1. The van der Waals surface area contributed by atoms with E-state index in [1.165, 1.54) is 30.0 Å². The number of nitrogens with one attached hydrogen (secondary N) is 2. The predicted octanol–water partition coefficient (Wildman–Crippen LogP) is 4.13. The molecule has 0 bridgehead atoms. The molecular formula is C20H20F2N2O2S. The van der Waals surface area contributed by atoms with Gasteiger partial charge in [0, 0.05) is 16.5 Å². The summed E-state index contributed by atoms with van der Waals surface area (Å²) in [5.41, 5.74) is 2.60. The molecular weight excluding hydrogens is 370 g/mol. The second-order valence-corrected chi connectivity index (χ2v) is 7.85. The van der Waals surface area contributed by atoms with E-state index in [2.05, 4.69) is 10.6 Å². The van der Waals surface area contributed by atoms with E-state index in [0.717, 1.165) is 16.8 Å². The Morgan fingerprint density at radius 3 is 2.63 bits per heavy atom. The lowest BCUT2D eigenvalue weighted by Gasteiger charge is -2.17. The van der Waals surface area contributed by atoms with Crippen LogP contribution >= 0.6 is 11.8 Å². The van der Waals surface area contributed by atoms with Crippen LogP contribution in [-0.2, 0) is 16.0 Å². The van der Waals surface area contributed by atoms with Gasteiger partial charge in [-0.2, -0.15) is 0 Å². The van der Waals surface area contributed by atoms with Crippen molar-refractivity contribution in [3.8, 4) is 0 Å². The van der Waals surface area contributed by atoms with Crippen molar-refractivity contribution in [1.29, 1.82) is 0 Å². The Morgan fingerprint density at radius 2 is 1.93 bits per heavy atom. The van der Waals surface area contributed by atoms with Crippen LogP contribution in [0.2, 0.25) is 0 Å². The highest BCUT2D eigenvalue weighted by Gasteiger charge is 2.20. The SMILES string of the molecule is C[C@H](NC(=O)CS[C@@H](C)c1c(F)cccc1F)c1ccc2c(c1)CC(=O)N2. The number of fused-ring (bicyclic) bond motifs is 1. The molecule has 1 heterocycles. The largest absolute Gasteiger partial charge is 0.349 e. The van der Waals surface area contributed by atoms with Crippen molar-refractivity contribution in [3.05, 3.63) is 64.7 Å². The molecule has 0 saturated carbocycles. The maximum atomic E-state index is 13.8. The van der Waals surface area contributed by atoms with Gasteiger partial charge in [0.25, 0.3) is 0 Å². The molecule has 0 aromatic heterocycles. The molecule has 0 radical (unpaired) electrons. The molecule has 2 aromatic rings. The summed E-state index contributed by atoms with van der Waals surface area (Å²) >= 11 is 1.18. The lowest BCUT2D eigenvalue weighted by atomic mass is 10.0. The summed E-state index contributed by atoms with van der Waals surface area (Å²) in [6.45, 7) is 3.53. The molecule has 142 valence electrons. The third-order valence-electron chi connectivity index (χ3n) is 4.50. The monoisotopic (exact) mass is 390 g/mol. The number of rotatable bonds is 6. The fraction of sp³-hybridized carbons (Fsp3) is 0.300. The summed E-state index contributed by atoms with van der Waals surface area (Å²) < 4.78 is 27.6. The molecule has 0 aliphatic carbocycles. The Labute approximate surface area is 160 Å². The quantitative estimate of drug-likeness (QED) is 0.780. The standard InChI is InChI=1S/C20H20F2N2O2S/c1-11(13-6-7-17-14(8-13)9-18(25)24-17)23-19(26)10-27-12(2)20-15(21)4-3-5-16(20)22/h3-8,11-12H,9-10H2,1-2H3,(H,23,26)(H,24,25)/t11-,12-/m0/s1. The first-order valence-corrected chi connectivity index (χ1v) is 9.67. The number of amides is 2. The van der Waals surface area contributed by atoms with Gasteiger partial charge >= 0.3 is 0 Å². The molecule has 2 amide bonds. The third kappa shape index (κ3) is 4.47. The van der Waals surface area contributed by atoms with E-state index in [1.807, 2.05) is 25.1 Å². The van der Waals surface area contributed by atoms with Crippen LogP contribution in [0.15, 0.2) is 36.4 Å². The van der Waals surface area contributed by atoms with Crippen molar-refractivity contribution in [2.45, 2.75) is 31.6 Å². The lowest BCUT2D eigenvalue weighted by molar-refractivity contribution is -0.119. The topological polar surface area (TPSA) is 58.2 Å². The number of carbonyl (C=O) groups excluding carboxylic acids is 2. The van der Waals surface area contributed by atoms with Crippen molar-refractivity contribution in [1.82, 2.24) is 5.32 Å². The minimum atomic E-state index is -0.606. The van der Waals surface area contributed by atoms with Gasteiger partial charge in [0.05, 0.1) is 18.2 Å². The van der Waals surface area contributed by atoms with Gasteiger partial charge in [-0.05, 0) is 43.2 Å². The molecule has 2 aromatic carbocycles. The second kappa shape index (κ2) is 8.08. The van der Waals surface area contributed by atoms with E-state index in [-0.39, 0.29) is 29.2 Å². The van der Waals surface area contributed by atoms with E-state index in [1.54, 1.807) is 6.92 Å². The van der Waals surface area contributed by atoms with Gasteiger partial charge in [-0.25, -0.2) is 8.78 Å². The molecule has 2 N–H and O–H groups in total. The summed E-state index contributed by atoms with van der Waals surface area (Å²) in [7, 11) is 0. The van der Waals surface area contributed by atoms with Gasteiger partial charge in [-0.1, -0.05) is 18.2 Å². The van der Waals surface area contributed by atoms with Crippen molar-refractivity contribution >= 4 is 29.3 Å². The number of halogens is 2. The van der Waals surface area contributed by atoms with Gasteiger partial charge in [0.2, 0.25) is 11.8 Å². The van der Waals surface area contributed by atoms with Gasteiger partial charge in [-0.3, -0.25) is 9.59 Å². The van der Waals surface area contributed by atoms with Crippen molar-refractivity contribution in [2.75, 3.05) is 11.1 Å². The Bertz CT molecular complexity index is 868. The smallest absolute Gasteiger partial charge is 0.230 e. The summed E-state index contributed by atoms with van der Waals surface area (Å²) in [5.74, 6) is -1.38. The maximum Gasteiger partial charge on any atom is 0.230 e. The minimum absolute atomic E-state index is 0.0147. The predicted molar refractivity (Wildman–Crippen MR) is 103 cm³/mol. The maximum absolute atomic E-state index is 13.8. The molecule has 0 saturated heterocycles. The fourth-order valence-corrected chi connectivity index (χ4v) is 3.94. The average molecular weight is 390 g/mol. The first-order chi connectivity index (χ1) is 12.8. The zero-order valence-corrected chi connectivity index (χ0v) is 15.8. The van der Waals surface area contributed by atoms with Crippen LogP contribution in [0, 0.1) is 11.6 Å². The van der Waals surface area contributed by atoms with E-state index in [0.29, 0.717) is 6.42 Å². The molecule has 1 aliphatic rings. The lowest BCUT2D eigenvalue weighted by Crippen LogP contribution is -2.28. The normalized spacial score (nSPS) is 15.0. The number of hydrogen-bond acceptors (Lipinski definition) is 3. The Morgan fingerprint density at radius 1 is 1.22 bits per heavy atom. The first-order valence-electron chi connectivity index (χ1n) is 8.62. The molecule has 27 heavy (non-hydrogen) atoms. The Kier molecular flexibility index (Phi) is 5.79.